The van der Waals surface area contributed by atoms with E-state index in [-0.39, 0.29) is 11.0 Å². The molecule has 0 bridgehead atoms. The maximum absolute atomic E-state index is 11.7. The van der Waals surface area contributed by atoms with Crippen molar-refractivity contribution in [3.8, 4) is 5.75 Å². The highest BCUT2D eigenvalue weighted by Crippen LogP contribution is 2.33. The molecule has 6 heteroatoms. The maximum Gasteiger partial charge on any atom is 0.261 e. The van der Waals surface area contributed by atoms with E-state index in [1.807, 2.05) is 12.1 Å². The highest BCUT2D eigenvalue weighted by molar-refractivity contribution is 8.14. The van der Waals surface area contributed by atoms with Crippen molar-refractivity contribution in [1.82, 2.24) is 0 Å². The van der Waals surface area contributed by atoms with Crippen LogP contribution in [0.4, 0.5) is 0 Å². The largest absolute Gasteiger partial charge is 0.490 e. The molecule has 4 nitrogen and oxygen atoms in total. The highest BCUT2D eigenvalue weighted by atomic mass is 35.7. The zero-order valence-electron chi connectivity index (χ0n) is 11.3. The summed E-state index contributed by atoms with van der Waals surface area (Å²) in [6.07, 6.45) is 1.77. The van der Waals surface area contributed by atoms with Crippen LogP contribution >= 0.6 is 10.7 Å². The molecule has 2 aromatic rings. The summed E-state index contributed by atoms with van der Waals surface area (Å²) in [5.74, 6) is 0.682. The number of fused-ring (bicyclic) bond motifs is 1. The lowest BCUT2D eigenvalue weighted by Gasteiger charge is -2.24. The van der Waals surface area contributed by atoms with Crippen molar-refractivity contribution in [2.45, 2.75) is 23.8 Å². The first-order valence-corrected chi connectivity index (χ1v) is 9.07. The van der Waals surface area contributed by atoms with Crippen LogP contribution in [-0.2, 0) is 13.8 Å². The van der Waals surface area contributed by atoms with Gasteiger partial charge in [-0.2, -0.15) is 0 Å². The second kappa shape index (κ2) is 5.83. The van der Waals surface area contributed by atoms with Crippen molar-refractivity contribution in [3.05, 3.63) is 36.4 Å². The number of hydrogen-bond donors (Lipinski definition) is 0. The molecular weight excluding hydrogens is 312 g/mol. The summed E-state index contributed by atoms with van der Waals surface area (Å²) in [5.41, 5.74) is 0. The van der Waals surface area contributed by atoms with E-state index in [0.29, 0.717) is 24.3 Å². The average Bonchev–Trinajstić information content (AvgIpc) is 2.47. The van der Waals surface area contributed by atoms with Gasteiger partial charge < -0.3 is 9.47 Å². The van der Waals surface area contributed by atoms with Crippen LogP contribution in [0.5, 0.6) is 5.75 Å². The first kappa shape index (κ1) is 14.6. The summed E-state index contributed by atoms with van der Waals surface area (Å²) in [7, 11) is 1.71. The number of halogens is 1. The van der Waals surface area contributed by atoms with E-state index in [4.69, 9.17) is 20.2 Å². The lowest BCUT2D eigenvalue weighted by atomic mass is 10.1. The summed E-state index contributed by atoms with van der Waals surface area (Å²) >= 11 is 0. The Labute approximate surface area is 128 Å². The van der Waals surface area contributed by atoms with E-state index < -0.39 is 9.05 Å². The normalized spacial score (nSPS) is 17.0. The zero-order chi connectivity index (χ0) is 14.9. The Morgan fingerprint density at radius 1 is 1.05 bits per heavy atom. The maximum atomic E-state index is 11.7. The molecule has 0 N–H and O–H groups in total. The summed E-state index contributed by atoms with van der Waals surface area (Å²) < 4.78 is 34.6. The Bertz CT molecular complexity index is 751. The fraction of sp³-hybridized carbons (Fsp3) is 0.333. The SMILES string of the molecule is O=S(=O)(Cl)c1ccc(OC2CCOCC2)c2ccccc12. The van der Waals surface area contributed by atoms with Gasteiger partial charge in [-0.25, -0.2) is 8.42 Å². The van der Waals surface area contributed by atoms with E-state index in [0.717, 1.165) is 18.2 Å². The molecule has 2 aromatic carbocycles. The standard InChI is InChI=1S/C15H15ClO4S/c16-21(17,18)15-6-5-14(12-3-1-2-4-13(12)15)20-11-7-9-19-10-8-11/h1-6,11H,7-10H2. The summed E-state index contributed by atoms with van der Waals surface area (Å²) in [5, 5.41) is 1.34. The predicted molar refractivity (Wildman–Crippen MR) is 81.5 cm³/mol. The van der Waals surface area contributed by atoms with Crippen LogP contribution in [0.25, 0.3) is 10.8 Å². The molecule has 0 aromatic heterocycles. The van der Waals surface area contributed by atoms with Gasteiger partial charge in [0.25, 0.3) is 9.05 Å². The van der Waals surface area contributed by atoms with E-state index in [2.05, 4.69) is 0 Å². The van der Waals surface area contributed by atoms with Crippen LogP contribution < -0.4 is 4.74 Å². The van der Waals surface area contributed by atoms with E-state index in [9.17, 15) is 8.42 Å². The van der Waals surface area contributed by atoms with Gasteiger partial charge in [-0.05, 0) is 12.1 Å². The van der Waals surface area contributed by atoms with Gasteiger partial charge in [-0.1, -0.05) is 24.3 Å². The highest BCUT2D eigenvalue weighted by Gasteiger charge is 2.19. The quantitative estimate of drug-likeness (QED) is 0.812. The Hall–Kier alpha value is -1.30. The molecule has 0 unspecified atom stereocenters. The van der Waals surface area contributed by atoms with Crippen molar-refractivity contribution >= 4 is 30.5 Å². The van der Waals surface area contributed by atoms with Gasteiger partial charge in [0.2, 0.25) is 0 Å². The first-order valence-electron chi connectivity index (χ1n) is 6.76. The Kier molecular flexibility index (Phi) is 4.06. The molecule has 1 aliphatic rings. The minimum Gasteiger partial charge on any atom is -0.490 e. The van der Waals surface area contributed by atoms with Crippen molar-refractivity contribution in [1.29, 1.82) is 0 Å². The lowest BCUT2D eigenvalue weighted by Crippen LogP contribution is -2.25. The number of rotatable bonds is 3. The third-order valence-electron chi connectivity index (χ3n) is 3.57. The van der Waals surface area contributed by atoms with Gasteiger partial charge in [0.15, 0.2) is 0 Å². The number of benzene rings is 2. The summed E-state index contributed by atoms with van der Waals surface area (Å²) in [4.78, 5) is 0.110. The smallest absolute Gasteiger partial charge is 0.261 e. The minimum absolute atomic E-state index is 0.0978. The lowest BCUT2D eigenvalue weighted by molar-refractivity contribution is 0.0262. The van der Waals surface area contributed by atoms with Crippen molar-refractivity contribution in [3.63, 3.8) is 0 Å². The molecule has 112 valence electrons. The molecule has 21 heavy (non-hydrogen) atoms. The molecular formula is C15H15ClO4S. The zero-order valence-corrected chi connectivity index (χ0v) is 12.9. The molecule has 0 atom stereocenters. The van der Waals surface area contributed by atoms with E-state index >= 15 is 0 Å². The molecule has 0 radical (unpaired) electrons. The molecule has 0 saturated carbocycles. The minimum atomic E-state index is -3.78. The number of hydrogen-bond acceptors (Lipinski definition) is 4. The molecule has 1 aliphatic heterocycles. The molecule has 0 spiro atoms. The predicted octanol–water partition coefficient (Wildman–Crippen LogP) is 3.33. The fourth-order valence-corrected chi connectivity index (χ4v) is 3.61. The van der Waals surface area contributed by atoms with Gasteiger partial charge in [-0.15, -0.1) is 0 Å². The van der Waals surface area contributed by atoms with Gasteiger partial charge in [-0.3, -0.25) is 0 Å². The van der Waals surface area contributed by atoms with Gasteiger partial charge >= 0.3 is 0 Å². The second-order valence-corrected chi connectivity index (χ2v) is 7.51. The molecule has 0 aliphatic carbocycles. The monoisotopic (exact) mass is 326 g/mol. The van der Waals surface area contributed by atoms with Crippen molar-refractivity contribution < 1.29 is 17.9 Å². The second-order valence-electron chi connectivity index (χ2n) is 4.97. The van der Waals surface area contributed by atoms with E-state index in [1.165, 1.54) is 6.07 Å². The van der Waals surface area contributed by atoms with Gasteiger partial charge in [0.1, 0.15) is 11.9 Å². The molecule has 1 fully saturated rings. The summed E-state index contributed by atoms with van der Waals surface area (Å²) in [6.45, 7) is 1.38. The van der Waals surface area contributed by atoms with Crippen LogP contribution in [0.3, 0.4) is 0 Å². The van der Waals surface area contributed by atoms with Crippen molar-refractivity contribution in [2.24, 2.45) is 0 Å². The van der Waals surface area contributed by atoms with Crippen LogP contribution in [0.2, 0.25) is 0 Å². The van der Waals surface area contributed by atoms with Gasteiger partial charge in [0, 0.05) is 34.3 Å². The molecule has 1 saturated heterocycles. The Morgan fingerprint density at radius 2 is 1.71 bits per heavy atom. The Morgan fingerprint density at radius 3 is 2.38 bits per heavy atom. The third-order valence-corrected chi connectivity index (χ3v) is 4.95. The average molecular weight is 327 g/mol. The first-order chi connectivity index (χ1) is 10.1. The third kappa shape index (κ3) is 3.15. The number of ether oxygens (including phenoxy) is 2. The topological polar surface area (TPSA) is 52.6 Å². The van der Waals surface area contributed by atoms with Gasteiger partial charge in [0.05, 0.1) is 18.1 Å². The summed E-state index contributed by atoms with van der Waals surface area (Å²) in [6, 6.07) is 10.4. The van der Waals surface area contributed by atoms with Crippen LogP contribution in [-0.4, -0.2) is 27.7 Å². The van der Waals surface area contributed by atoms with Crippen LogP contribution in [0.15, 0.2) is 41.3 Å². The van der Waals surface area contributed by atoms with Crippen molar-refractivity contribution in [2.75, 3.05) is 13.2 Å². The fourth-order valence-electron chi connectivity index (χ4n) is 2.53. The molecule has 3 rings (SSSR count). The molecule has 0 amide bonds. The van der Waals surface area contributed by atoms with E-state index in [1.54, 1.807) is 18.2 Å². The Balaban J connectivity index is 2.04. The molecule has 1 heterocycles. The van der Waals surface area contributed by atoms with Crippen LogP contribution in [0, 0.1) is 0 Å². The van der Waals surface area contributed by atoms with Crippen LogP contribution in [0.1, 0.15) is 12.8 Å².